The monoisotopic (exact) mass is 417 g/mol. The average Bonchev–Trinajstić information content (AvgIpc) is 2.22. The molecule has 0 aliphatic heterocycles. The molecule has 0 radical (unpaired) electrons. The van der Waals surface area contributed by atoms with Crippen LogP contribution in [0.3, 0.4) is 0 Å². The molecule has 1 unspecified atom stereocenters. The van der Waals surface area contributed by atoms with Crippen molar-refractivity contribution in [3.63, 3.8) is 0 Å². The van der Waals surface area contributed by atoms with E-state index < -0.39 is 24.1 Å². The maximum absolute atomic E-state index is 10.7. The molecule has 0 heterocycles. The van der Waals surface area contributed by atoms with Crippen molar-refractivity contribution in [1.29, 1.82) is 0 Å². The molecule has 0 saturated carbocycles. The SMILES string of the molecule is COC(=O)NCC(NC(=O)OC)C([NH-])=O.[CH3-].[W+2]. The molecular weight excluding hydrogens is 402 g/mol. The van der Waals surface area contributed by atoms with E-state index in [2.05, 4.69) is 20.1 Å². The number of ether oxygens (including phenoxy) is 2. The molecule has 3 amide bonds. The van der Waals surface area contributed by atoms with E-state index in [4.69, 9.17) is 5.73 Å². The fourth-order valence-corrected chi connectivity index (χ4v) is 0.668. The van der Waals surface area contributed by atoms with Gasteiger partial charge in [0, 0.05) is 6.54 Å². The van der Waals surface area contributed by atoms with Crippen LogP contribution in [0.4, 0.5) is 9.59 Å². The number of nitrogens with one attached hydrogen (secondary N) is 3. The summed E-state index contributed by atoms with van der Waals surface area (Å²) in [5.74, 6) is -1.04. The van der Waals surface area contributed by atoms with Gasteiger partial charge in [-0.1, -0.05) is 0 Å². The molecule has 8 nitrogen and oxygen atoms in total. The number of rotatable bonds is 4. The summed E-state index contributed by atoms with van der Waals surface area (Å²) < 4.78 is 8.48. The number of hydrogen-bond acceptors (Lipinski definition) is 5. The van der Waals surface area contributed by atoms with E-state index in [-0.39, 0.29) is 35.0 Å². The Kier molecular flexibility index (Phi) is 13.8. The van der Waals surface area contributed by atoms with Gasteiger partial charge < -0.3 is 38.1 Å². The van der Waals surface area contributed by atoms with Crippen molar-refractivity contribution >= 4 is 18.1 Å². The Morgan fingerprint density at radius 2 is 1.65 bits per heavy atom. The summed E-state index contributed by atoms with van der Waals surface area (Å²) in [6.45, 7) is -0.232. The first-order valence-corrected chi connectivity index (χ1v) is 3.93. The van der Waals surface area contributed by atoms with E-state index >= 15 is 0 Å². The standard InChI is InChI=1S/C7H13N3O5.CH3.W/c1-14-6(12)9-3-4(5(8)11)10-7(13)15-2;;/h4H,3H2,1-2H3,(H4,8,9,10,11,12,13);1H3;/q;-1;+2/p-1. The molecule has 0 spiro atoms. The van der Waals surface area contributed by atoms with Crippen LogP contribution in [0.2, 0.25) is 0 Å². The summed E-state index contributed by atoms with van der Waals surface area (Å²) in [5.41, 5.74) is 6.80. The van der Waals surface area contributed by atoms with Gasteiger partial charge in [0.2, 0.25) is 0 Å². The average molecular weight is 417 g/mol. The molecule has 0 saturated heterocycles. The Morgan fingerprint density at radius 3 is 2.00 bits per heavy atom. The van der Waals surface area contributed by atoms with Crippen LogP contribution in [0.25, 0.3) is 5.73 Å². The third-order valence-electron chi connectivity index (χ3n) is 1.43. The van der Waals surface area contributed by atoms with E-state index in [1.165, 1.54) is 0 Å². The molecule has 0 rings (SSSR count). The fourth-order valence-electron chi connectivity index (χ4n) is 0.668. The van der Waals surface area contributed by atoms with Crippen molar-refractivity contribution in [3.8, 4) is 0 Å². The van der Waals surface area contributed by atoms with E-state index in [1.54, 1.807) is 0 Å². The number of methoxy groups -OCH3 is 2. The van der Waals surface area contributed by atoms with Crippen LogP contribution in [0, 0.1) is 7.43 Å². The Labute approximate surface area is 114 Å². The molecule has 9 heteroatoms. The van der Waals surface area contributed by atoms with Crippen LogP contribution < -0.4 is 10.6 Å². The number of carbonyl (C=O) groups excluding carboxylic acids is 3. The maximum Gasteiger partial charge on any atom is 2.00 e. The quantitative estimate of drug-likeness (QED) is 0.630. The molecule has 0 aromatic rings. The summed E-state index contributed by atoms with van der Waals surface area (Å²) >= 11 is 0. The zero-order valence-corrected chi connectivity index (χ0v) is 12.7. The van der Waals surface area contributed by atoms with Crippen LogP contribution >= 0.6 is 0 Å². The zero-order valence-electron chi connectivity index (χ0n) is 9.73. The predicted octanol–water partition coefficient (Wildman–Crippen LogP) is 0.0936. The van der Waals surface area contributed by atoms with Gasteiger partial charge in [-0.25, -0.2) is 9.59 Å². The minimum Gasteiger partial charge on any atom is -0.666 e. The van der Waals surface area contributed by atoms with Gasteiger partial charge in [-0.3, -0.25) is 0 Å². The third-order valence-corrected chi connectivity index (χ3v) is 1.43. The van der Waals surface area contributed by atoms with E-state index in [0.29, 0.717) is 0 Å². The van der Waals surface area contributed by atoms with Crippen molar-refractivity contribution < 1.29 is 44.9 Å². The third kappa shape index (κ3) is 9.62. The zero-order chi connectivity index (χ0) is 11.8. The molecule has 1 atom stereocenters. The van der Waals surface area contributed by atoms with E-state index in [9.17, 15) is 14.4 Å². The summed E-state index contributed by atoms with van der Waals surface area (Å²) in [6.07, 6.45) is -1.61. The topological polar surface area (TPSA) is 118 Å². The van der Waals surface area contributed by atoms with Crippen molar-refractivity contribution in [1.82, 2.24) is 10.6 Å². The van der Waals surface area contributed by atoms with Crippen molar-refractivity contribution in [2.75, 3.05) is 20.8 Å². The first-order chi connectivity index (χ1) is 7.01. The van der Waals surface area contributed by atoms with Gasteiger partial charge >= 0.3 is 33.3 Å². The van der Waals surface area contributed by atoms with Gasteiger partial charge in [0.15, 0.2) is 0 Å². The molecule has 3 N–H and O–H groups in total. The minimum absolute atomic E-state index is 0. The van der Waals surface area contributed by atoms with Crippen LogP contribution in [0.15, 0.2) is 0 Å². The van der Waals surface area contributed by atoms with E-state index in [0.717, 1.165) is 14.2 Å². The summed E-state index contributed by atoms with van der Waals surface area (Å²) in [6, 6.07) is -1.16. The van der Waals surface area contributed by atoms with Gasteiger partial charge in [-0.15, -0.1) is 0 Å². The molecule has 0 aliphatic carbocycles. The van der Waals surface area contributed by atoms with Gasteiger partial charge in [0.25, 0.3) is 0 Å². The van der Waals surface area contributed by atoms with Crippen LogP contribution in [-0.2, 0) is 35.3 Å². The summed E-state index contributed by atoms with van der Waals surface area (Å²) in [5, 5.41) is 4.25. The normalized spacial score (nSPS) is 9.76. The molecule has 0 aromatic heterocycles. The van der Waals surface area contributed by atoms with E-state index in [1.807, 2.05) is 0 Å². The number of amides is 3. The Morgan fingerprint density at radius 1 is 1.18 bits per heavy atom. The number of hydrogen-bond donors (Lipinski definition) is 2. The van der Waals surface area contributed by atoms with Gasteiger partial charge in [0.05, 0.1) is 26.2 Å². The fraction of sp³-hybridized carbons (Fsp3) is 0.500. The largest absolute Gasteiger partial charge is 2.00 e. The van der Waals surface area contributed by atoms with Crippen molar-refractivity contribution in [2.45, 2.75) is 6.04 Å². The van der Waals surface area contributed by atoms with Gasteiger partial charge in [-0.05, 0) is 0 Å². The molecule has 0 aromatic carbocycles. The maximum atomic E-state index is 10.7. The Balaban J connectivity index is -0.000000980. The summed E-state index contributed by atoms with van der Waals surface area (Å²) in [7, 11) is 2.27. The summed E-state index contributed by atoms with van der Waals surface area (Å²) in [4.78, 5) is 32.1. The molecule has 98 valence electrons. The van der Waals surface area contributed by atoms with Crippen molar-refractivity contribution in [3.05, 3.63) is 13.2 Å². The molecule has 0 bridgehead atoms. The molecule has 0 fully saturated rings. The van der Waals surface area contributed by atoms with Crippen LogP contribution in [-0.4, -0.2) is 44.9 Å². The smallest absolute Gasteiger partial charge is 0.666 e. The Bertz CT molecular complexity index is 262. The van der Waals surface area contributed by atoms with Crippen molar-refractivity contribution in [2.24, 2.45) is 0 Å². The second-order valence-corrected chi connectivity index (χ2v) is 2.43. The van der Waals surface area contributed by atoms with Gasteiger partial charge in [-0.2, -0.15) is 0 Å². The van der Waals surface area contributed by atoms with Crippen LogP contribution in [0.1, 0.15) is 0 Å². The first kappa shape index (κ1) is 21.0. The number of carbonyl (C=O) groups is 3. The minimum atomic E-state index is -1.16. The second-order valence-electron chi connectivity index (χ2n) is 2.43. The second kappa shape index (κ2) is 11.2. The van der Waals surface area contributed by atoms with Gasteiger partial charge in [0.1, 0.15) is 0 Å². The van der Waals surface area contributed by atoms with Crippen LogP contribution in [0.5, 0.6) is 0 Å². The first-order valence-electron chi connectivity index (χ1n) is 3.93. The Hall–Kier alpha value is -1.30. The predicted molar refractivity (Wildman–Crippen MR) is 55.5 cm³/mol. The molecule has 17 heavy (non-hydrogen) atoms. The molecular formula is C8H15N3O5W. The molecule has 0 aliphatic rings. The number of alkyl carbamates (subject to hydrolysis) is 2.